The Bertz CT molecular complexity index is 1080. The summed E-state index contributed by atoms with van der Waals surface area (Å²) in [6.45, 7) is -0.479. The Labute approximate surface area is 158 Å². The first-order valence-corrected chi connectivity index (χ1v) is 8.63. The van der Waals surface area contributed by atoms with Crippen molar-refractivity contribution in [2.75, 3.05) is 12.3 Å². The minimum absolute atomic E-state index is 0.0136. The number of benzene rings is 1. The number of ether oxygens (including phenoxy) is 1. The van der Waals surface area contributed by atoms with Crippen LogP contribution in [0.15, 0.2) is 35.1 Å². The number of nitrogen functional groups attached to an aromatic ring is 1. The van der Waals surface area contributed by atoms with Crippen LogP contribution in [0.2, 0.25) is 0 Å². The van der Waals surface area contributed by atoms with E-state index in [4.69, 9.17) is 10.5 Å². The van der Waals surface area contributed by atoms with Crippen molar-refractivity contribution in [3.63, 3.8) is 0 Å². The first kappa shape index (κ1) is 18.3. The predicted molar refractivity (Wildman–Crippen MR) is 101 cm³/mol. The third-order valence-corrected chi connectivity index (χ3v) is 4.59. The van der Waals surface area contributed by atoms with Crippen LogP contribution in [0.25, 0.3) is 23.3 Å². The number of aliphatic hydroxyl groups excluding tert-OH is 3. The molecule has 0 unspecified atom stereocenters. The molecule has 1 saturated heterocycles. The van der Waals surface area contributed by atoms with Crippen molar-refractivity contribution in [2.45, 2.75) is 24.5 Å². The smallest absolute Gasteiger partial charge is 0.280 e. The Morgan fingerprint density at radius 3 is 2.61 bits per heavy atom. The van der Waals surface area contributed by atoms with E-state index >= 15 is 0 Å². The zero-order valence-electron chi connectivity index (χ0n) is 14.6. The Morgan fingerprint density at radius 1 is 1.18 bits per heavy atom. The molecule has 6 N–H and O–H groups in total. The average molecular weight is 385 g/mol. The molecule has 0 bridgehead atoms. The summed E-state index contributed by atoms with van der Waals surface area (Å²) in [6, 6.07) is 9.42. The van der Waals surface area contributed by atoms with Gasteiger partial charge in [0.2, 0.25) is 5.95 Å². The third kappa shape index (κ3) is 3.08. The lowest BCUT2D eigenvalue weighted by molar-refractivity contribution is -0.0513. The quantitative estimate of drug-likeness (QED) is 0.401. The standard InChI is InChI=1S/C18H19N5O5/c19-18-21-15-12(16(27)22-18)20-11(7-6-9-4-2-1-3-5-9)23(15)17-14(26)13(25)10(8-24)28-17/h1-7,10,13-14,17,24-26H,8H2,(H3,19,21,22,27)/t10-,13-,14-,17-/m1/s1. The van der Waals surface area contributed by atoms with E-state index in [-0.39, 0.29) is 22.9 Å². The molecule has 1 aliphatic rings. The zero-order chi connectivity index (χ0) is 19.8. The van der Waals surface area contributed by atoms with Crippen LogP contribution >= 0.6 is 0 Å². The van der Waals surface area contributed by atoms with Gasteiger partial charge in [0.1, 0.15) is 24.1 Å². The Balaban J connectivity index is 1.87. The van der Waals surface area contributed by atoms with Gasteiger partial charge in [0.15, 0.2) is 17.4 Å². The van der Waals surface area contributed by atoms with Gasteiger partial charge in [-0.3, -0.25) is 14.3 Å². The number of hydrogen-bond acceptors (Lipinski definition) is 8. The number of anilines is 1. The number of rotatable bonds is 4. The second-order valence-electron chi connectivity index (χ2n) is 6.44. The van der Waals surface area contributed by atoms with E-state index < -0.39 is 36.7 Å². The Morgan fingerprint density at radius 2 is 1.93 bits per heavy atom. The van der Waals surface area contributed by atoms with Crippen LogP contribution in [-0.2, 0) is 4.74 Å². The molecule has 146 valence electrons. The number of aliphatic hydroxyl groups is 3. The molecular formula is C18H19N5O5. The molecule has 1 fully saturated rings. The number of hydrogen-bond donors (Lipinski definition) is 5. The van der Waals surface area contributed by atoms with Crippen molar-refractivity contribution in [1.29, 1.82) is 0 Å². The number of nitrogens with two attached hydrogens (primary N) is 1. The number of fused-ring (bicyclic) bond motifs is 1. The molecule has 3 heterocycles. The van der Waals surface area contributed by atoms with Gasteiger partial charge in [-0.1, -0.05) is 36.4 Å². The molecule has 1 aliphatic heterocycles. The van der Waals surface area contributed by atoms with E-state index in [1.165, 1.54) is 4.57 Å². The van der Waals surface area contributed by atoms with Gasteiger partial charge in [0.25, 0.3) is 5.56 Å². The van der Waals surface area contributed by atoms with Crippen molar-refractivity contribution in [2.24, 2.45) is 0 Å². The summed E-state index contributed by atoms with van der Waals surface area (Å²) >= 11 is 0. The SMILES string of the molecule is Nc1nc2c(nc(C=Cc3ccccc3)n2[C@@H]2O[C@H](CO)[C@@H](O)[C@H]2O)c(=O)[nH]1. The van der Waals surface area contributed by atoms with Crippen LogP contribution in [0, 0.1) is 0 Å². The molecule has 3 aromatic rings. The highest BCUT2D eigenvalue weighted by Gasteiger charge is 2.44. The van der Waals surface area contributed by atoms with Gasteiger partial charge < -0.3 is 25.8 Å². The first-order chi connectivity index (χ1) is 13.5. The highest BCUT2D eigenvalue weighted by molar-refractivity contribution is 5.77. The zero-order valence-corrected chi connectivity index (χ0v) is 14.6. The van der Waals surface area contributed by atoms with Crippen molar-refractivity contribution in [1.82, 2.24) is 19.5 Å². The van der Waals surface area contributed by atoms with Crippen molar-refractivity contribution < 1.29 is 20.1 Å². The summed E-state index contributed by atoms with van der Waals surface area (Å²) in [5.74, 6) is 0.154. The fourth-order valence-electron chi connectivity index (χ4n) is 3.21. The van der Waals surface area contributed by atoms with E-state index in [2.05, 4.69) is 15.0 Å². The summed E-state index contributed by atoms with van der Waals surface area (Å²) in [7, 11) is 0. The largest absolute Gasteiger partial charge is 0.394 e. The second kappa shape index (κ2) is 7.17. The molecule has 0 spiro atoms. The van der Waals surface area contributed by atoms with Gasteiger partial charge >= 0.3 is 0 Å². The lowest BCUT2D eigenvalue weighted by Crippen LogP contribution is -2.33. The molecule has 0 saturated carbocycles. The molecule has 10 nitrogen and oxygen atoms in total. The third-order valence-electron chi connectivity index (χ3n) is 4.59. The summed E-state index contributed by atoms with van der Waals surface area (Å²) in [4.78, 5) is 23.1. The van der Waals surface area contributed by atoms with Gasteiger partial charge in [-0.05, 0) is 11.6 Å². The van der Waals surface area contributed by atoms with Gasteiger partial charge in [-0.25, -0.2) is 4.98 Å². The van der Waals surface area contributed by atoms with Crippen LogP contribution < -0.4 is 11.3 Å². The lowest BCUT2D eigenvalue weighted by atomic mass is 10.1. The van der Waals surface area contributed by atoms with Gasteiger partial charge in [0.05, 0.1) is 6.61 Å². The fraction of sp³-hybridized carbons (Fsp3) is 0.278. The highest BCUT2D eigenvalue weighted by Crippen LogP contribution is 2.32. The van der Waals surface area contributed by atoms with Crippen molar-refractivity contribution in [3.8, 4) is 0 Å². The molecule has 2 aromatic heterocycles. The molecule has 1 aromatic carbocycles. The van der Waals surface area contributed by atoms with E-state index in [1.807, 2.05) is 30.3 Å². The molecule has 0 radical (unpaired) electrons. The van der Waals surface area contributed by atoms with Gasteiger partial charge in [-0.2, -0.15) is 4.98 Å². The maximum atomic E-state index is 12.3. The Kier molecular flexibility index (Phi) is 4.69. The maximum absolute atomic E-state index is 12.3. The highest BCUT2D eigenvalue weighted by atomic mass is 16.6. The summed E-state index contributed by atoms with van der Waals surface area (Å²) < 4.78 is 7.00. The number of aromatic amines is 1. The van der Waals surface area contributed by atoms with Crippen LogP contribution in [-0.4, -0.2) is 59.8 Å². The van der Waals surface area contributed by atoms with Crippen LogP contribution in [0.3, 0.4) is 0 Å². The second-order valence-corrected chi connectivity index (χ2v) is 6.44. The van der Waals surface area contributed by atoms with Crippen molar-refractivity contribution >= 4 is 29.3 Å². The van der Waals surface area contributed by atoms with E-state index in [1.54, 1.807) is 12.2 Å². The minimum atomic E-state index is -1.36. The molecule has 4 rings (SSSR count). The number of nitrogens with one attached hydrogen (secondary N) is 1. The molecule has 0 aliphatic carbocycles. The number of nitrogens with zero attached hydrogens (tertiary/aromatic N) is 3. The van der Waals surface area contributed by atoms with E-state index in [0.717, 1.165) is 5.56 Å². The average Bonchev–Trinajstić information content (AvgIpc) is 3.18. The Hall–Kier alpha value is -3.05. The topological polar surface area (TPSA) is 160 Å². The molecular weight excluding hydrogens is 366 g/mol. The van der Waals surface area contributed by atoms with Gasteiger partial charge in [-0.15, -0.1) is 0 Å². The number of H-pyrrole nitrogens is 1. The number of imidazole rings is 1. The van der Waals surface area contributed by atoms with E-state index in [0.29, 0.717) is 0 Å². The molecule has 0 amide bonds. The minimum Gasteiger partial charge on any atom is -0.394 e. The van der Waals surface area contributed by atoms with Crippen LogP contribution in [0.1, 0.15) is 17.6 Å². The van der Waals surface area contributed by atoms with Crippen LogP contribution in [0.5, 0.6) is 0 Å². The maximum Gasteiger partial charge on any atom is 0.280 e. The summed E-state index contributed by atoms with van der Waals surface area (Å²) in [6.07, 6.45) is -1.35. The summed E-state index contributed by atoms with van der Waals surface area (Å²) in [5.41, 5.74) is 6.13. The number of aromatic nitrogens is 4. The molecule has 10 heteroatoms. The normalized spacial score (nSPS) is 25.1. The lowest BCUT2D eigenvalue weighted by Gasteiger charge is -2.18. The monoisotopic (exact) mass is 385 g/mol. The van der Waals surface area contributed by atoms with Crippen LogP contribution in [0.4, 0.5) is 5.95 Å². The van der Waals surface area contributed by atoms with Gasteiger partial charge in [0, 0.05) is 0 Å². The molecule has 28 heavy (non-hydrogen) atoms. The molecule has 4 atom stereocenters. The predicted octanol–water partition coefficient (Wildman–Crippen LogP) is -0.516. The first-order valence-electron chi connectivity index (χ1n) is 8.63. The summed E-state index contributed by atoms with van der Waals surface area (Å²) in [5, 5.41) is 29.9. The van der Waals surface area contributed by atoms with Crippen molar-refractivity contribution in [3.05, 3.63) is 52.1 Å². The van der Waals surface area contributed by atoms with E-state index in [9.17, 15) is 20.1 Å². The fourth-order valence-corrected chi connectivity index (χ4v) is 3.21.